The van der Waals surface area contributed by atoms with Gasteiger partial charge in [0.15, 0.2) is 0 Å². The van der Waals surface area contributed by atoms with Crippen LogP contribution in [0.2, 0.25) is 0 Å². The van der Waals surface area contributed by atoms with Crippen molar-refractivity contribution in [2.45, 2.75) is 32.2 Å². The van der Waals surface area contributed by atoms with Crippen LogP contribution in [0.5, 0.6) is 0 Å². The zero-order chi connectivity index (χ0) is 15.9. The summed E-state index contributed by atoms with van der Waals surface area (Å²) in [7, 11) is 0. The smallest absolute Gasteiger partial charge is 0.316 e. The molecular weight excluding hydrogens is 280 g/mol. The van der Waals surface area contributed by atoms with Gasteiger partial charge in [-0.3, -0.25) is 4.79 Å². The van der Waals surface area contributed by atoms with Crippen LogP contribution in [0.1, 0.15) is 37.8 Å². The minimum absolute atomic E-state index is 0.0585. The molecular formula is C16H24N4O2. The first-order valence-corrected chi connectivity index (χ1v) is 7.71. The summed E-state index contributed by atoms with van der Waals surface area (Å²) >= 11 is 0. The highest BCUT2D eigenvalue weighted by molar-refractivity contribution is 5.87. The maximum absolute atomic E-state index is 12.0. The highest BCUT2D eigenvalue weighted by atomic mass is 16.2. The van der Waals surface area contributed by atoms with E-state index in [0.717, 1.165) is 31.5 Å². The van der Waals surface area contributed by atoms with E-state index in [1.807, 2.05) is 19.1 Å². The standard InChI is InChI=1S/C16H24N4O2/c1-11(13-3-5-14(6-4-13)20-16(17)22)19-15(21)7-2-12-8-9-18-10-12/h3-6,11-12,18H,2,7-10H2,1H3,(H,19,21)(H3,17,20,22). The van der Waals surface area contributed by atoms with Crippen LogP contribution in [0.4, 0.5) is 10.5 Å². The zero-order valence-corrected chi connectivity index (χ0v) is 12.9. The van der Waals surface area contributed by atoms with E-state index in [1.165, 1.54) is 0 Å². The summed E-state index contributed by atoms with van der Waals surface area (Å²) in [6.45, 7) is 4.04. The van der Waals surface area contributed by atoms with E-state index in [4.69, 9.17) is 5.73 Å². The quantitative estimate of drug-likeness (QED) is 0.644. The minimum Gasteiger partial charge on any atom is -0.351 e. The number of hydrogen-bond donors (Lipinski definition) is 4. The predicted molar refractivity (Wildman–Crippen MR) is 86.4 cm³/mol. The minimum atomic E-state index is -0.587. The molecule has 1 aliphatic heterocycles. The van der Waals surface area contributed by atoms with Gasteiger partial charge >= 0.3 is 6.03 Å². The van der Waals surface area contributed by atoms with Gasteiger partial charge in [-0.15, -0.1) is 0 Å². The number of carbonyl (C=O) groups is 2. The van der Waals surface area contributed by atoms with Gasteiger partial charge in [0.25, 0.3) is 0 Å². The zero-order valence-electron chi connectivity index (χ0n) is 12.9. The van der Waals surface area contributed by atoms with E-state index < -0.39 is 6.03 Å². The Labute approximate surface area is 130 Å². The second kappa shape index (κ2) is 7.79. The average molecular weight is 304 g/mol. The van der Waals surface area contributed by atoms with E-state index in [0.29, 0.717) is 18.0 Å². The Morgan fingerprint density at radius 1 is 1.36 bits per heavy atom. The molecule has 0 radical (unpaired) electrons. The molecule has 0 aliphatic carbocycles. The molecule has 1 aromatic rings. The SMILES string of the molecule is CC(NC(=O)CCC1CCNC1)c1ccc(NC(N)=O)cc1. The molecule has 0 bridgehead atoms. The first kappa shape index (κ1) is 16.3. The van der Waals surface area contributed by atoms with Crippen molar-refractivity contribution in [2.75, 3.05) is 18.4 Å². The number of amides is 3. The van der Waals surface area contributed by atoms with Crippen LogP contribution in [0.25, 0.3) is 0 Å². The number of primary amides is 1. The van der Waals surface area contributed by atoms with E-state index in [9.17, 15) is 9.59 Å². The molecule has 1 saturated heterocycles. The molecule has 6 heteroatoms. The molecule has 2 atom stereocenters. The van der Waals surface area contributed by atoms with Crippen molar-refractivity contribution < 1.29 is 9.59 Å². The van der Waals surface area contributed by atoms with Gasteiger partial charge in [0.05, 0.1) is 6.04 Å². The fourth-order valence-electron chi connectivity index (χ4n) is 2.69. The molecule has 2 unspecified atom stereocenters. The third kappa shape index (κ3) is 5.04. The topological polar surface area (TPSA) is 96.2 Å². The second-order valence-electron chi connectivity index (χ2n) is 5.80. The Balaban J connectivity index is 1.78. The van der Waals surface area contributed by atoms with Gasteiger partial charge in [0.1, 0.15) is 0 Å². The molecule has 0 spiro atoms. The van der Waals surface area contributed by atoms with Gasteiger partial charge in [-0.05, 0) is 56.5 Å². The molecule has 1 fully saturated rings. The van der Waals surface area contributed by atoms with Gasteiger partial charge < -0.3 is 21.7 Å². The summed E-state index contributed by atoms with van der Waals surface area (Å²) in [5.74, 6) is 0.707. The van der Waals surface area contributed by atoms with Gasteiger partial charge in [0, 0.05) is 12.1 Å². The lowest BCUT2D eigenvalue weighted by atomic mass is 10.0. The number of nitrogens with one attached hydrogen (secondary N) is 3. The second-order valence-corrected chi connectivity index (χ2v) is 5.80. The van der Waals surface area contributed by atoms with Crippen LogP contribution in [0.3, 0.4) is 0 Å². The van der Waals surface area contributed by atoms with E-state index in [-0.39, 0.29) is 11.9 Å². The van der Waals surface area contributed by atoms with Gasteiger partial charge in [-0.2, -0.15) is 0 Å². The molecule has 22 heavy (non-hydrogen) atoms. The number of carbonyl (C=O) groups excluding carboxylic acids is 2. The Morgan fingerprint density at radius 2 is 2.09 bits per heavy atom. The van der Waals surface area contributed by atoms with Crippen molar-refractivity contribution in [3.63, 3.8) is 0 Å². The van der Waals surface area contributed by atoms with E-state index >= 15 is 0 Å². The number of urea groups is 1. The first-order valence-electron chi connectivity index (χ1n) is 7.71. The predicted octanol–water partition coefficient (Wildman–Crippen LogP) is 1.74. The lowest BCUT2D eigenvalue weighted by Crippen LogP contribution is -2.27. The number of nitrogens with two attached hydrogens (primary N) is 1. The van der Waals surface area contributed by atoms with Gasteiger partial charge in [0.2, 0.25) is 5.91 Å². The molecule has 0 saturated carbocycles. The fraction of sp³-hybridized carbons (Fsp3) is 0.500. The van der Waals surface area contributed by atoms with Crippen molar-refractivity contribution in [3.05, 3.63) is 29.8 Å². The average Bonchev–Trinajstić information content (AvgIpc) is 2.98. The lowest BCUT2D eigenvalue weighted by Gasteiger charge is -2.16. The van der Waals surface area contributed by atoms with Gasteiger partial charge in [-0.1, -0.05) is 12.1 Å². The Morgan fingerprint density at radius 3 is 2.68 bits per heavy atom. The van der Waals surface area contributed by atoms with Crippen LogP contribution < -0.4 is 21.7 Å². The fourth-order valence-corrected chi connectivity index (χ4v) is 2.69. The molecule has 1 heterocycles. The third-order valence-corrected chi connectivity index (χ3v) is 4.00. The van der Waals surface area contributed by atoms with Crippen molar-refractivity contribution in [3.8, 4) is 0 Å². The van der Waals surface area contributed by atoms with Crippen molar-refractivity contribution in [1.82, 2.24) is 10.6 Å². The maximum Gasteiger partial charge on any atom is 0.316 e. The number of hydrogen-bond acceptors (Lipinski definition) is 3. The summed E-state index contributed by atoms with van der Waals surface area (Å²) in [6, 6.07) is 6.64. The molecule has 120 valence electrons. The normalized spacial score (nSPS) is 18.7. The van der Waals surface area contributed by atoms with Crippen LogP contribution in [-0.4, -0.2) is 25.0 Å². The Kier molecular flexibility index (Phi) is 5.77. The van der Waals surface area contributed by atoms with E-state index in [2.05, 4.69) is 16.0 Å². The van der Waals surface area contributed by atoms with Crippen LogP contribution in [0, 0.1) is 5.92 Å². The van der Waals surface area contributed by atoms with E-state index in [1.54, 1.807) is 12.1 Å². The molecule has 3 amide bonds. The Bertz CT molecular complexity index is 509. The largest absolute Gasteiger partial charge is 0.351 e. The molecule has 2 rings (SSSR count). The number of anilines is 1. The highest BCUT2D eigenvalue weighted by Gasteiger charge is 2.16. The first-order chi connectivity index (χ1) is 10.5. The molecule has 5 N–H and O–H groups in total. The molecule has 1 aromatic carbocycles. The molecule has 1 aliphatic rings. The van der Waals surface area contributed by atoms with Crippen LogP contribution in [-0.2, 0) is 4.79 Å². The monoisotopic (exact) mass is 304 g/mol. The van der Waals surface area contributed by atoms with Crippen LogP contribution >= 0.6 is 0 Å². The number of rotatable bonds is 6. The van der Waals surface area contributed by atoms with Gasteiger partial charge in [-0.25, -0.2) is 4.79 Å². The lowest BCUT2D eigenvalue weighted by molar-refractivity contribution is -0.122. The summed E-state index contributed by atoms with van der Waals surface area (Å²) in [4.78, 5) is 22.8. The van der Waals surface area contributed by atoms with Crippen molar-refractivity contribution in [2.24, 2.45) is 11.7 Å². The summed E-state index contributed by atoms with van der Waals surface area (Å²) in [5, 5.41) is 8.83. The molecule has 0 aromatic heterocycles. The van der Waals surface area contributed by atoms with Crippen LogP contribution in [0.15, 0.2) is 24.3 Å². The Hall–Kier alpha value is -2.08. The van der Waals surface area contributed by atoms with Crippen molar-refractivity contribution >= 4 is 17.6 Å². The summed E-state index contributed by atoms with van der Waals surface area (Å²) in [6.07, 6.45) is 2.67. The summed E-state index contributed by atoms with van der Waals surface area (Å²) < 4.78 is 0. The molecule has 6 nitrogen and oxygen atoms in total. The van der Waals surface area contributed by atoms with Crippen molar-refractivity contribution in [1.29, 1.82) is 0 Å². The summed E-state index contributed by atoms with van der Waals surface area (Å²) in [5.41, 5.74) is 6.70. The highest BCUT2D eigenvalue weighted by Crippen LogP contribution is 2.17. The third-order valence-electron chi connectivity index (χ3n) is 4.00. The number of benzene rings is 1. The maximum atomic E-state index is 12.0.